The maximum absolute atomic E-state index is 2.68. The lowest BCUT2D eigenvalue weighted by molar-refractivity contribution is 0.886. The highest BCUT2D eigenvalue weighted by Crippen LogP contribution is 1.96. The van der Waals surface area contributed by atoms with Crippen molar-refractivity contribution in [2.24, 2.45) is 0 Å². The molecule has 0 nitrogen and oxygen atoms in total. The van der Waals surface area contributed by atoms with Gasteiger partial charge in [0.1, 0.15) is 0 Å². The van der Waals surface area contributed by atoms with Gasteiger partial charge in [-0.1, -0.05) is 79.4 Å². The molecule has 0 spiro atoms. The van der Waals surface area contributed by atoms with Crippen LogP contribution >= 0.6 is 0 Å². The SMILES string of the molecule is C.C.CC#CC.CC(C)=C(C)C.CCCC.CCCC. The van der Waals surface area contributed by atoms with Crippen LogP contribution < -0.4 is 0 Å². The van der Waals surface area contributed by atoms with Gasteiger partial charge in [0.05, 0.1) is 0 Å². The van der Waals surface area contributed by atoms with E-state index in [4.69, 9.17) is 0 Å². The molecule has 0 N–H and O–H groups in total. The molecule has 0 heterocycles. The van der Waals surface area contributed by atoms with E-state index in [2.05, 4.69) is 67.2 Å². The zero-order valence-corrected chi connectivity index (χ0v) is 14.8. The third kappa shape index (κ3) is 116. The highest BCUT2D eigenvalue weighted by Gasteiger charge is 1.75. The van der Waals surface area contributed by atoms with Crippen LogP contribution in [0.2, 0.25) is 0 Å². The summed E-state index contributed by atoms with van der Waals surface area (Å²) < 4.78 is 0. The average Bonchev–Trinajstić information content (AvgIpc) is 2.39. The minimum Gasteiger partial charge on any atom is -0.107 e. The van der Waals surface area contributed by atoms with Crippen LogP contribution in [0.3, 0.4) is 0 Å². The summed E-state index contributed by atoms with van der Waals surface area (Å²) in [6.45, 7) is 20.8. The highest BCUT2D eigenvalue weighted by molar-refractivity contribution is 5.02. The van der Waals surface area contributed by atoms with Crippen molar-refractivity contribution in [1.29, 1.82) is 0 Å². The van der Waals surface area contributed by atoms with Gasteiger partial charge in [-0.3, -0.25) is 0 Å². The lowest BCUT2D eigenvalue weighted by atomic mass is 10.2. The van der Waals surface area contributed by atoms with Crippen LogP contribution in [0.5, 0.6) is 0 Å². The Balaban J connectivity index is -0.0000000322. The molecule has 0 aromatic carbocycles. The van der Waals surface area contributed by atoms with Crippen molar-refractivity contribution in [3.8, 4) is 11.8 Å². The summed E-state index contributed by atoms with van der Waals surface area (Å²) in [6, 6.07) is 0. The number of rotatable bonds is 2. The Labute approximate surface area is 133 Å². The van der Waals surface area contributed by atoms with E-state index >= 15 is 0 Å². The third-order valence-corrected chi connectivity index (χ3v) is 2.25. The Morgan fingerprint density at radius 3 is 0.700 bits per heavy atom. The molecule has 0 fully saturated rings. The first-order valence-electron chi connectivity index (χ1n) is 7.33. The summed E-state index contributed by atoms with van der Waals surface area (Å²) in [5.74, 6) is 5.36. The molecule has 0 heteroatoms. The fourth-order valence-corrected chi connectivity index (χ4v) is 0. The summed E-state index contributed by atoms with van der Waals surface area (Å²) in [5.41, 5.74) is 2.85. The van der Waals surface area contributed by atoms with Crippen molar-refractivity contribution in [3.05, 3.63) is 11.1 Å². The van der Waals surface area contributed by atoms with E-state index in [-0.39, 0.29) is 14.9 Å². The molecule has 0 aliphatic heterocycles. The van der Waals surface area contributed by atoms with E-state index in [1.165, 1.54) is 36.8 Å². The molecule has 0 aliphatic carbocycles. The molecule has 0 saturated heterocycles. The number of hydrogen-bond donors (Lipinski definition) is 0. The van der Waals surface area contributed by atoms with Crippen LogP contribution in [0.1, 0.15) is 110 Å². The highest BCUT2D eigenvalue weighted by atomic mass is 13.8. The van der Waals surface area contributed by atoms with Crippen molar-refractivity contribution in [2.45, 2.75) is 110 Å². The van der Waals surface area contributed by atoms with Gasteiger partial charge in [-0.2, -0.15) is 0 Å². The molecule has 0 unspecified atom stereocenters. The molecule has 0 bridgehead atoms. The van der Waals surface area contributed by atoms with Crippen LogP contribution in [-0.2, 0) is 0 Å². The van der Waals surface area contributed by atoms with Crippen LogP contribution in [-0.4, -0.2) is 0 Å². The molecule has 20 heavy (non-hydrogen) atoms. The zero-order valence-electron chi connectivity index (χ0n) is 14.8. The van der Waals surface area contributed by atoms with E-state index in [1.807, 2.05) is 13.8 Å². The van der Waals surface area contributed by atoms with Gasteiger partial charge >= 0.3 is 0 Å². The molecule has 0 atom stereocenters. The second kappa shape index (κ2) is 42.9. The van der Waals surface area contributed by atoms with Gasteiger partial charge in [-0.05, 0) is 41.5 Å². The average molecular weight is 287 g/mol. The standard InChI is InChI=1S/C6H12.2C4H10.C4H6.2CH4/c1-5(2)6(3)4;3*1-3-4-2;;/h1-4H3;2*3-4H2,1-2H3;1-2H3;2*1H4. The second-order valence-electron chi connectivity index (χ2n) is 4.50. The second-order valence-corrected chi connectivity index (χ2v) is 4.50. The minimum absolute atomic E-state index is 0. The van der Waals surface area contributed by atoms with E-state index in [1.54, 1.807) is 0 Å². The van der Waals surface area contributed by atoms with Gasteiger partial charge in [-0.15, -0.1) is 11.8 Å². The normalized spacial score (nSPS) is 6.10. The third-order valence-electron chi connectivity index (χ3n) is 2.25. The number of hydrogen-bond acceptors (Lipinski definition) is 0. The molecule has 126 valence electrons. The predicted octanol–water partition coefficient (Wildman–Crippen LogP) is 8.28. The summed E-state index contributed by atoms with van der Waals surface area (Å²) in [7, 11) is 0. The molecule has 0 aliphatic rings. The van der Waals surface area contributed by atoms with Crippen molar-refractivity contribution >= 4 is 0 Å². The molecular weight excluding hydrogens is 240 g/mol. The molecule has 0 radical (unpaired) electrons. The zero-order chi connectivity index (χ0) is 15.4. The fourth-order valence-electron chi connectivity index (χ4n) is 0. The van der Waals surface area contributed by atoms with Crippen molar-refractivity contribution in [2.75, 3.05) is 0 Å². The monoisotopic (exact) mass is 286 g/mol. The molecule has 0 aromatic rings. The van der Waals surface area contributed by atoms with Gasteiger partial charge in [0.15, 0.2) is 0 Å². The molecule has 0 saturated carbocycles. The van der Waals surface area contributed by atoms with E-state index < -0.39 is 0 Å². The van der Waals surface area contributed by atoms with Gasteiger partial charge in [0, 0.05) is 0 Å². The first kappa shape index (κ1) is 36.5. The maximum atomic E-state index is 2.68. The predicted molar refractivity (Wildman–Crippen MR) is 103 cm³/mol. The van der Waals surface area contributed by atoms with Crippen molar-refractivity contribution in [3.63, 3.8) is 0 Å². The van der Waals surface area contributed by atoms with Crippen molar-refractivity contribution in [1.82, 2.24) is 0 Å². The minimum atomic E-state index is 0. The molecule has 0 aromatic heterocycles. The van der Waals surface area contributed by atoms with E-state index in [0.717, 1.165) is 0 Å². The van der Waals surface area contributed by atoms with Crippen molar-refractivity contribution < 1.29 is 0 Å². The first-order valence-corrected chi connectivity index (χ1v) is 7.33. The summed E-state index contributed by atoms with van der Waals surface area (Å²) in [6.07, 6.45) is 5.28. The van der Waals surface area contributed by atoms with Crippen LogP contribution in [0.15, 0.2) is 11.1 Å². The van der Waals surface area contributed by atoms with Crippen LogP contribution in [0.4, 0.5) is 0 Å². The van der Waals surface area contributed by atoms with Crippen LogP contribution in [0.25, 0.3) is 0 Å². The lowest BCUT2D eigenvalue weighted by Gasteiger charge is -1.88. The summed E-state index contributed by atoms with van der Waals surface area (Å²) >= 11 is 0. The Hall–Kier alpha value is -0.700. The van der Waals surface area contributed by atoms with E-state index in [0.29, 0.717) is 0 Å². The van der Waals surface area contributed by atoms with Gasteiger partial charge in [0.25, 0.3) is 0 Å². The lowest BCUT2D eigenvalue weighted by Crippen LogP contribution is -1.66. The Morgan fingerprint density at radius 2 is 0.700 bits per heavy atom. The summed E-state index contributed by atoms with van der Waals surface area (Å²) in [4.78, 5) is 0. The maximum Gasteiger partial charge on any atom is -0.00271 e. The Bertz CT molecular complexity index is 166. The number of allylic oxidation sites excluding steroid dienone is 2. The topological polar surface area (TPSA) is 0 Å². The van der Waals surface area contributed by atoms with Gasteiger partial charge in [0.2, 0.25) is 0 Å². The first-order chi connectivity index (χ1) is 8.39. The summed E-state index contributed by atoms with van der Waals surface area (Å²) in [5, 5.41) is 0. The van der Waals surface area contributed by atoms with Gasteiger partial charge in [-0.25, -0.2) is 0 Å². The quantitative estimate of drug-likeness (QED) is 0.354. The Kier molecular flexibility index (Phi) is 78.4. The van der Waals surface area contributed by atoms with E-state index in [9.17, 15) is 0 Å². The molecule has 0 rings (SSSR count). The van der Waals surface area contributed by atoms with Gasteiger partial charge < -0.3 is 0 Å². The fraction of sp³-hybridized carbons (Fsp3) is 0.800. The molecular formula is C20H46. The smallest absolute Gasteiger partial charge is 0.00271 e. The molecule has 0 amide bonds. The Morgan fingerprint density at radius 1 is 0.550 bits per heavy atom. The largest absolute Gasteiger partial charge is 0.107 e. The van der Waals surface area contributed by atoms with Crippen LogP contribution in [0, 0.1) is 11.8 Å². The number of unbranched alkanes of at least 4 members (excludes halogenated alkanes) is 2.